The molecule has 1 aromatic rings. The van der Waals surface area contributed by atoms with E-state index in [0.717, 1.165) is 25.3 Å². The van der Waals surface area contributed by atoms with E-state index < -0.39 is 11.6 Å². The third kappa shape index (κ3) is 6.55. The number of unbranched alkanes of at least 4 members (excludes halogenated alkanes) is 8. The third-order valence-electron chi connectivity index (χ3n) is 4.97. The van der Waals surface area contributed by atoms with Gasteiger partial charge in [-0.1, -0.05) is 64.4 Å². The molecule has 5 heteroatoms. The number of anilines is 1. The van der Waals surface area contributed by atoms with Gasteiger partial charge in [-0.3, -0.25) is 9.59 Å². The van der Waals surface area contributed by atoms with Crippen LogP contribution in [0.2, 0.25) is 0 Å². The highest BCUT2D eigenvalue weighted by molar-refractivity contribution is 6.48. The zero-order valence-electron chi connectivity index (χ0n) is 16.7. The lowest BCUT2D eigenvalue weighted by Crippen LogP contribution is -2.24. The molecule has 3 N–H and O–H groups in total. The van der Waals surface area contributed by atoms with Crippen LogP contribution in [0.1, 0.15) is 71.1 Å². The van der Waals surface area contributed by atoms with Gasteiger partial charge >= 0.3 is 0 Å². The van der Waals surface area contributed by atoms with Gasteiger partial charge in [0.15, 0.2) is 0 Å². The van der Waals surface area contributed by atoms with Crippen LogP contribution in [-0.2, 0) is 9.59 Å². The van der Waals surface area contributed by atoms with E-state index in [0.29, 0.717) is 12.1 Å². The first-order valence-corrected chi connectivity index (χ1v) is 10.3. The zero-order chi connectivity index (χ0) is 20.4. The molecule has 0 radical (unpaired) electrons. The van der Waals surface area contributed by atoms with Crippen LogP contribution >= 0.6 is 0 Å². The Balaban J connectivity index is 1.86. The van der Waals surface area contributed by atoms with Gasteiger partial charge in [0.25, 0.3) is 0 Å². The molecular weight excluding hydrogens is 354 g/mol. The van der Waals surface area contributed by atoms with E-state index in [1.54, 1.807) is 12.1 Å². The van der Waals surface area contributed by atoms with Gasteiger partial charge in [0.2, 0.25) is 11.6 Å². The van der Waals surface area contributed by atoms with Crippen molar-refractivity contribution in [2.24, 2.45) is 0 Å². The summed E-state index contributed by atoms with van der Waals surface area (Å²) in [5.41, 5.74) is 0.904. The van der Waals surface area contributed by atoms with Gasteiger partial charge in [0.05, 0.1) is 5.70 Å². The number of carbonyl (C=O) groups excluding carboxylic acids is 2. The number of Topliss-reactive ketones (excluding diaryl/α,β-unsaturated/α-hetero) is 1. The van der Waals surface area contributed by atoms with E-state index >= 15 is 0 Å². The Bertz CT molecular complexity index is 749. The van der Waals surface area contributed by atoms with Crippen molar-refractivity contribution < 1.29 is 19.8 Å². The summed E-state index contributed by atoms with van der Waals surface area (Å²) in [6, 6.07) is 6.36. The fourth-order valence-electron chi connectivity index (χ4n) is 3.36. The standard InChI is InChI=1S/C23H31NO4/c1-2-3-4-5-6-7-8-9-10-14-19-22(27)20(16-21(26)23(19)28)24-17-12-11-13-18(25)15-17/h11-13,15-16,24-25,27H,2-10,14H2,1H3. The van der Waals surface area contributed by atoms with Gasteiger partial charge in [0.1, 0.15) is 11.5 Å². The summed E-state index contributed by atoms with van der Waals surface area (Å²) >= 11 is 0. The maximum Gasteiger partial charge on any atom is 0.232 e. The quantitative estimate of drug-likeness (QED) is 0.249. The first-order chi connectivity index (χ1) is 13.5. The minimum Gasteiger partial charge on any atom is -0.508 e. The smallest absolute Gasteiger partial charge is 0.232 e. The molecule has 0 fully saturated rings. The summed E-state index contributed by atoms with van der Waals surface area (Å²) in [5.74, 6) is -1.36. The molecule has 0 bridgehead atoms. The van der Waals surface area contributed by atoms with Crippen LogP contribution in [0.15, 0.2) is 47.4 Å². The summed E-state index contributed by atoms with van der Waals surface area (Å²) in [6.07, 6.45) is 11.9. The molecule has 5 nitrogen and oxygen atoms in total. The first-order valence-electron chi connectivity index (χ1n) is 10.3. The third-order valence-corrected chi connectivity index (χ3v) is 4.97. The number of allylic oxidation sites excluding steroid dienone is 2. The number of hydrogen-bond donors (Lipinski definition) is 3. The average molecular weight is 386 g/mol. The number of ketones is 2. The second-order valence-electron chi connectivity index (χ2n) is 7.33. The van der Waals surface area contributed by atoms with Gasteiger partial charge in [0, 0.05) is 23.4 Å². The van der Waals surface area contributed by atoms with E-state index in [2.05, 4.69) is 12.2 Å². The second kappa shape index (κ2) is 11.3. The predicted octanol–water partition coefficient (Wildman–Crippen LogP) is 5.57. The molecule has 28 heavy (non-hydrogen) atoms. The van der Waals surface area contributed by atoms with Gasteiger partial charge in [-0.15, -0.1) is 0 Å². The molecule has 0 spiro atoms. The van der Waals surface area contributed by atoms with E-state index in [9.17, 15) is 19.8 Å². The van der Waals surface area contributed by atoms with Crippen molar-refractivity contribution in [2.45, 2.75) is 71.1 Å². The molecule has 0 aromatic heterocycles. The van der Waals surface area contributed by atoms with Crippen molar-refractivity contribution in [3.8, 4) is 5.75 Å². The maximum absolute atomic E-state index is 12.2. The fraction of sp³-hybridized carbons (Fsp3) is 0.478. The molecule has 0 atom stereocenters. The van der Waals surface area contributed by atoms with Gasteiger partial charge in [-0.2, -0.15) is 0 Å². The van der Waals surface area contributed by atoms with Crippen LogP contribution < -0.4 is 5.32 Å². The second-order valence-corrected chi connectivity index (χ2v) is 7.33. The number of rotatable bonds is 12. The molecule has 0 aliphatic heterocycles. The summed E-state index contributed by atoms with van der Waals surface area (Å²) < 4.78 is 0. The van der Waals surface area contributed by atoms with Crippen molar-refractivity contribution >= 4 is 17.3 Å². The highest BCUT2D eigenvalue weighted by Gasteiger charge is 2.28. The number of phenols is 1. The van der Waals surface area contributed by atoms with Crippen molar-refractivity contribution in [3.63, 3.8) is 0 Å². The molecule has 0 heterocycles. The van der Waals surface area contributed by atoms with Gasteiger partial charge < -0.3 is 15.5 Å². The van der Waals surface area contributed by atoms with Gasteiger partial charge in [-0.25, -0.2) is 0 Å². The van der Waals surface area contributed by atoms with Crippen LogP contribution in [0.25, 0.3) is 0 Å². The van der Waals surface area contributed by atoms with Crippen LogP contribution in [0.5, 0.6) is 5.75 Å². The summed E-state index contributed by atoms with van der Waals surface area (Å²) in [4.78, 5) is 24.2. The predicted molar refractivity (Wildman–Crippen MR) is 111 cm³/mol. The molecule has 1 aromatic carbocycles. The minimum absolute atomic E-state index is 0.0715. The Hall–Kier alpha value is -2.56. The molecular formula is C23H31NO4. The molecule has 1 aliphatic rings. The summed E-state index contributed by atoms with van der Waals surface area (Å²) in [6.45, 7) is 2.21. The van der Waals surface area contributed by atoms with Crippen LogP contribution in [0.4, 0.5) is 5.69 Å². The molecule has 0 amide bonds. The Labute approximate surface area is 167 Å². The largest absolute Gasteiger partial charge is 0.508 e. The highest BCUT2D eigenvalue weighted by atomic mass is 16.3. The molecule has 152 valence electrons. The van der Waals surface area contributed by atoms with Crippen molar-refractivity contribution in [1.29, 1.82) is 0 Å². The number of aliphatic hydroxyl groups excluding tert-OH is 1. The van der Waals surface area contributed by atoms with Crippen LogP contribution in [0.3, 0.4) is 0 Å². The minimum atomic E-state index is -0.633. The summed E-state index contributed by atoms with van der Waals surface area (Å²) in [7, 11) is 0. The summed E-state index contributed by atoms with van der Waals surface area (Å²) in [5, 5.41) is 22.9. The monoisotopic (exact) mass is 385 g/mol. The zero-order valence-corrected chi connectivity index (χ0v) is 16.7. The van der Waals surface area contributed by atoms with Crippen LogP contribution in [-0.4, -0.2) is 21.8 Å². The van der Waals surface area contributed by atoms with E-state index in [1.165, 1.54) is 50.7 Å². The fourth-order valence-corrected chi connectivity index (χ4v) is 3.36. The average Bonchev–Trinajstić information content (AvgIpc) is 2.67. The molecule has 2 rings (SSSR count). The number of aliphatic hydroxyl groups is 1. The maximum atomic E-state index is 12.2. The van der Waals surface area contributed by atoms with E-state index in [1.807, 2.05) is 0 Å². The van der Waals surface area contributed by atoms with Gasteiger partial charge in [-0.05, 0) is 25.0 Å². The number of phenolic OH excluding ortho intramolecular Hbond substituents is 1. The highest BCUT2D eigenvalue weighted by Crippen LogP contribution is 2.26. The topological polar surface area (TPSA) is 86.6 Å². The normalized spacial score (nSPS) is 14.4. The molecule has 0 unspecified atom stereocenters. The number of hydrogen-bond acceptors (Lipinski definition) is 5. The van der Waals surface area contributed by atoms with E-state index in [-0.39, 0.29) is 22.8 Å². The van der Waals surface area contributed by atoms with Crippen molar-refractivity contribution in [2.75, 3.05) is 5.32 Å². The Morgan fingerprint density at radius 3 is 2.18 bits per heavy atom. The Morgan fingerprint density at radius 2 is 1.54 bits per heavy atom. The number of carbonyl (C=O) groups is 2. The van der Waals surface area contributed by atoms with Crippen LogP contribution in [0, 0.1) is 0 Å². The SMILES string of the molecule is CCCCCCCCCCCC1=C(O)C(Nc2cccc(O)c2)=CC(=O)C1=O. The molecule has 0 saturated carbocycles. The molecule has 0 saturated heterocycles. The number of aromatic hydroxyl groups is 1. The Kier molecular flexibility index (Phi) is 8.79. The van der Waals surface area contributed by atoms with Crippen molar-refractivity contribution in [1.82, 2.24) is 0 Å². The number of nitrogens with one attached hydrogen (secondary N) is 1. The Morgan fingerprint density at radius 1 is 0.893 bits per heavy atom. The lowest BCUT2D eigenvalue weighted by Gasteiger charge is -2.18. The number of benzene rings is 1. The van der Waals surface area contributed by atoms with E-state index in [4.69, 9.17) is 0 Å². The lowest BCUT2D eigenvalue weighted by atomic mass is 9.93. The lowest BCUT2D eigenvalue weighted by molar-refractivity contribution is -0.132. The molecule has 1 aliphatic carbocycles. The first kappa shape index (κ1) is 21.7. The van der Waals surface area contributed by atoms with Crippen molar-refractivity contribution in [3.05, 3.63) is 47.4 Å².